The average Bonchev–Trinajstić information content (AvgIpc) is 3.06. The predicted octanol–water partition coefficient (Wildman–Crippen LogP) is -2.95. The third-order valence-corrected chi connectivity index (χ3v) is 8.86. The third kappa shape index (κ3) is 34.2. The molecule has 1 aromatic rings. The van der Waals surface area contributed by atoms with E-state index in [0.29, 0.717) is 117 Å². The Labute approximate surface area is 421 Å². The molecule has 0 spiro atoms. The zero-order valence-electron chi connectivity index (χ0n) is 35.1. The van der Waals surface area contributed by atoms with Crippen LogP contribution in [0.15, 0.2) is 12.1 Å². The van der Waals surface area contributed by atoms with Crippen LogP contribution in [0.1, 0.15) is 65.5 Å². The first-order valence-electron chi connectivity index (χ1n) is 18.3. The first kappa shape index (κ1) is 59.7. The summed E-state index contributed by atoms with van der Waals surface area (Å²) in [6.45, 7) is 19.0. The van der Waals surface area contributed by atoms with Crippen molar-refractivity contribution in [3.8, 4) is 11.5 Å². The molecule has 0 saturated carbocycles. The van der Waals surface area contributed by atoms with Crippen molar-refractivity contribution >= 4 is 20.2 Å². The second-order valence-corrected chi connectivity index (χ2v) is 17.2. The molecule has 0 aliphatic carbocycles. The SMILES string of the molecule is CC(C)(C)c1cc(OCCOCCOCCOCCOCCCS(=O)(=O)[O-])c(OCCOCCOCCOCCOCCCS(=O)(=O)[O-])c(C(C)(C)C)c1.[K+].[K+]. The number of benzene rings is 1. The normalized spacial score (nSPS) is 12.3. The molecule has 0 fully saturated rings. The second-order valence-electron chi connectivity index (χ2n) is 14.2. The van der Waals surface area contributed by atoms with Crippen LogP contribution in [0.25, 0.3) is 0 Å². The standard InChI is InChI=1S/C36H66O16S2.2K/c1-35(2,3)31-29-32(36(4,5)6)34(52-26-24-50-22-20-48-18-16-46-14-12-44-10-8-28-54(40,41)42)33(30-31)51-25-23-49-21-19-47-17-15-45-13-11-43-9-7-27-53(37,38)39;;/h29-30H,7-28H2,1-6H3,(H,37,38,39)(H,40,41,42);;/q;2*+1/p-2. The van der Waals surface area contributed by atoms with Crippen LogP contribution in [0.2, 0.25) is 0 Å². The summed E-state index contributed by atoms with van der Waals surface area (Å²) in [6, 6.07) is 4.21. The Balaban J connectivity index is 0. The molecule has 16 nitrogen and oxygen atoms in total. The van der Waals surface area contributed by atoms with Crippen LogP contribution in [-0.4, -0.2) is 156 Å². The summed E-state index contributed by atoms with van der Waals surface area (Å²) in [4.78, 5) is 0. The molecule has 20 heteroatoms. The van der Waals surface area contributed by atoms with Gasteiger partial charge in [0, 0.05) is 30.3 Å². The Morgan fingerprint density at radius 2 is 0.750 bits per heavy atom. The van der Waals surface area contributed by atoms with Gasteiger partial charge >= 0.3 is 103 Å². The van der Waals surface area contributed by atoms with E-state index in [0.717, 1.165) is 11.1 Å². The first-order valence-corrected chi connectivity index (χ1v) is 21.5. The second kappa shape index (κ2) is 34.1. The van der Waals surface area contributed by atoms with Crippen molar-refractivity contribution in [1.82, 2.24) is 0 Å². The molecule has 0 aromatic heterocycles. The molecule has 0 N–H and O–H groups in total. The van der Waals surface area contributed by atoms with Gasteiger partial charge in [0.25, 0.3) is 0 Å². The largest absolute Gasteiger partial charge is 1.00 e. The van der Waals surface area contributed by atoms with Crippen LogP contribution in [0.5, 0.6) is 11.5 Å². The summed E-state index contributed by atoms with van der Waals surface area (Å²) in [6.07, 6.45) is 0.329. The van der Waals surface area contributed by atoms with Gasteiger partial charge in [-0.1, -0.05) is 47.6 Å². The summed E-state index contributed by atoms with van der Waals surface area (Å²) in [7, 11) is -8.41. The zero-order valence-corrected chi connectivity index (χ0v) is 42.9. The topological polar surface area (TPSA) is 207 Å². The first-order chi connectivity index (χ1) is 25.4. The van der Waals surface area contributed by atoms with Gasteiger partial charge in [-0.25, -0.2) is 16.8 Å². The molecule has 0 heterocycles. The minimum Gasteiger partial charge on any atom is -0.748 e. The molecular weight excluding hydrogens is 831 g/mol. The number of hydrogen-bond acceptors (Lipinski definition) is 16. The van der Waals surface area contributed by atoms with Gasteiger partial charge in [0.15, 0.2) is 11.5 Å². The van der Waals surface area contributed by atoms with E-state index in [4.69, 9.17) is 47.4 Å². The van der Waals surface area contributed by atoms with E-state index < -0.39 is 31.7 Å². The monoisotopic (exact) mass is 894 g/mol. The van der Waals surface area contributed by atoms with Crippen molar-refractivity contribution < 1.29 is 176 Å². The van der Waals surface area contributed by atoms with Gasteiger partial charge in [-0.15, -0.1) is 0 Å². The summed E-state index contributed by atoms with van der Waals surface area (Å²) < 4.78 is 120. The average molecular weight is 895 g/mol. The Kier molecular flexibility index (Phi) is 36.4. The van der Waals surface area contributed by atoms with E-state index >= 15 is 0 Å². The van der Waals surface area contributed by atoms with Crippen molar-refractivity contribution in [3.63, 3.8) is 0 Å². The van der Waals surface area contributed by atoms with Crippen LogP contribution in [-0.2, 0) is 69.0 Å². The molecule has 1 aromatic carbocycles. The minimum atomic E-state index is -4.21. The quantitative estimate of drug-likeness (QED) is 0.0385. The van der Waals surface area contributed by atoms with Gasteiger partial charge in [-0.2, -0.15) is 0 Å². The van der Waals surface area contributed by atoms with Crippen molar-refractivity contribution in [2.75, 3.05) is 130 Å². The van der Waals surface area contributed by atoms with E-state index in [1.54, 1.807) is 0 Å². The third-order valence-electron chi connectivity index (χ3n) is 7.29. The van der Waals surface area contributed by atoms with Gasteiger partial charge in [0.1, 0.15) is 13.2 Å². The molecule has 0 atom stereocenters. The smallest absolute Gasteiger partial charge is 0.748 e. The van der Waals surface area contributed by atoms with Gasteiger partial charge in [-0.3, -0.25) is 0 Å². The van der Waals surface area contributed by atoms with E-state index in [1.807, 2.05) is 6.07 Å². The summed E-state index contributed by atoms with van der Waals surface area (Å²) in [5, 5.41) is 0. The van der Waals surface area contributed by atoms with Crippen LogP contribution >= 0.6 is 0 Å². The van der Waals surface area contributed by atoms with Crippen LogP contribution in [0, 0.1) is 0 Å². The van der Waals surface area contributed by atoms with E-state index in [9.17, 15) is 25.9 Å². The Hall–Kier alpha value is 1.59. The maximum atomic E-state index is 10.5. The van der Waals surface area contributed by atoms with Crippen molar-refractivity contribution in [2.24, 2.45) is 0 Å². The van der Waals surface area contributed by atoms with Gasteiger partial charge < -0.3 is 56.5 Å². The molecule has 318 valence electrons. The predicted molar refractivity (Wildman–Crippen MR) is 200 cm³/mol. The Morgan fingerprint density at radius 1 is 0.446 bits per heavy atom. The summed E-state index contributed by atoms with van der Waals surface area (Å²) in [5.74, 6) is 0.457. The molecule has 0 aliphatic heterocycles. The van der Waals surface area contributed by atoms with Crippen molar-refractivity contribution in [3.05, 3.63) is 23.3 Å². The van der Waals surface area contributed by atoms with Gasteiger partial charge in [-0.05, 0) is 35.3 Å². The van der Waals surface area contributed by atoms with Gasteiger partial charge in [0.05, 0.1) is 113 Å². The van der Waals surface area contributed by atoms with Crippen molar-refractivity contribution in [2.45, 2.75) is 65.2 Å². The molecule has 0 saturated heterocycles. The molecule has 0 amide bonds. The molecule has 0 radical (unpaired) electrons. The van der Waals surface area contributed by atoms with Crippen molar-refractivity contribution in [1.29, 1.82) is 0 Å². The Morgan fingerprint density at radius 3 is 1.05 bits per heavy atom. The number of hydrogen-bond donors (Lipinski definition) is 0. The molecule has 1 rings (SSSR count). The molecule has 0 bridgehead atoms. The van der Waals surface area contributed by atoms with Crippen LogP contribution in [0.3, 0.4) is 0 Å². The fourth-order valence-corrected chi connectivity index (χ4v) is 5.40. The fourth-order valence-electron chi connectivity index (χ4n) is 4.46. The van der Waals surface area contributed by atoms with Crippen LogP contribution < -0.4 is 112 Å². The zero-order chi connectivity index (χ0) is 40.4. The molecule has 56 heavy (non-hydrogen) atoms. The van der Waals surface area contributed by atoms with Gasteiger partial charge in [0.2, 0.25) is 0 Å². The minimum absolute atomic E-state index is 0. The van der Waals surface area contributed by atoms with E-state index in [-0.39, 0.29) is 140 Å². The maximum Gasteiger partial charge on any atom is 1.00 e. The fraction of sp³-hybridized carbons (Fsp3) is 0.833. The number of rotatable bonds is 34. The summed E-state index contributed by atoms with van der Waals surface area (Å²) >= 11 is 0. The molecule has 0 unspecified atom stereocenters. The van der Waals surface area contributed by atoms with E-state index in [2.05, 4.69) is 47.6 Å². The van der Waals surface area contributed by atoms with E-state index in [1.165, 1.54) is 0 Å². The summed E-state index contributed by atoms with van der Waals surface area (Å²) in [5.41, 5.74) is 1.84. The van der Waals surface area contributed by atoms with Crippen LogP contribution in [0.4, 0.5) is 0 Å². The Bertz CT molecular complexity index is 1340. The molecular formula is C36H64K2O16S2. The maximum absolute atomic E-state index is 10.5. The molecule has 0 aliphatic rings. The number of ether oxygens (including phenoxy) is 10.